The van der Waals surface area contributed by atoms with Gasteiger partial charge < -0.3 is 14.2 Å². The topological polar surface area (TPSA) is 78.9 Å². The van der Waals surface area contributed by atoms with Crippen molar-refractivity contribution < 1.29 is 28.6 Å². The molecular weight excluding hydrogens is 805 g/mol. The van der Waals surface area contributed by atoms with Crippen molar-refractivity contribution in [2.75, 3.05) is 13.2 Å². The van der Waals surface area contributed by atoms with Crippen LogP contribution in [0.25, 0.3) is 0 Å². The summed E-state index contributed by atoms with van der Waals surface area (Å²) in [6.45, 7) is 6.68. The lowest BCUT2D eigenvalue weighted by Crippen LogP contribution is -2.30. The van der Waals surface area contributed by atoms with Gasteiger partial charge in [-0.2, -0.15) is 0 Å². The first-order chi connectivity index (χ1) is 32.0. The van der Waals surface area contributed by atoms with Crippen molar-refractivity contribution in [3.8, 4) is 0 Å². The van der Waals surface area contributed by atoms with Gasteiger partial charge in [0.15, 0.2) is 6.10 Å². The van der Waals surface area contributed by atoms with Crippen molar-refractivity contribution in [1.29, 1.82) is 0 Å². The summed E-state index contributed by atoms with van der Waals surface area (Å²) in [6.07, 6.45) is 62.0. The van der Waals surface area contributed by atoms with E-state index in [0.29, 0.717) is 19.3 Å². The molecule has 0 rings (SSSR count). The lowest BCUT2D eigenvalue weighted by molar-refractivity contribution is -0.167. The van der Waals surface area contributed by atoms with Gasteiger partial charge in [0.05, 0.1) is 0 Å². The highest BCUT2D eigenvalue weighted by Crippen LogP contribution is 2.17. The van der Waals surface area contributed by atoms with E-state index in [9.17, 15) is 14.4 Å². The van der Waals surface area contributed by atoms with Gasteiger partial charge in [0, 0.05) is 19.3 Å². The molecule has 0 saturated carbocycles. The summed E-state index contributed by atoms with van der Waals surface area (Å²) in [4.78, 5) is 38.1. The second-order valence-electron chi connectivity index (χ2n) is 19.9. The quantitative estimate of drug-likeness (QED) is 0.0262. The molecule has 0 fully saturated rings. The van der Waals surface area contributed by atoms with E-state index in [1.54, 1.807) is 0 Å². The number of carbonyl (C=O) groups is 3. The molecule has 0 bridgehead atoms. The molecule has 1 unspecified atom stereocenters. The summed E-state index contributed by atoms with van der Waals surface area (Å²) in [7, 11) is 0. The van der Waals surface area contributed by atoms with Crippen molar-refractivity contribution in [3.63, 3.8) is 0 Å². The Hall–Kier alpha value is -1.85. The molecule has 0 amide bonds. The van der Waals surface area contributed by atoms with Gasteiger partial charge in [-0.05, 0) is 44.9 Å². The molecule has 0 spiro atoms. The number of unbranched alkanes of at least 4 members (excludes halogenated alkanes) is 41. The van der Waals surface area contributed by atoms with Gasteiger partial charge in [-0.1, -0.05) is 277 Å². The van der Waals surface area contributed by atoms with E-state index in [0.717, 1.165) is 64.2 Å². The lowest BCUT2D eigenvalue weighted by Gasteiger charge is -2.18. The largest absolute Gasteiger partial charge is 0.462 e. The van der Waals surface area contributed by atoms with Crippen LogP contribution in [0, 0.1) is 0 Å². The number of ether oxygens (including phenoxy) is 3. The molecule has 0 saturated heterocycles. The van der Waals surface area contributed by atoms with Crippen LogP contribution in [0.15, 0.2) is 12.2 Å². The lowest BCUT2D eigenvalue weighted by atomic mass is 10.0. The Balaban J connectivity index is 4.28. The SMILES string of the molecule is CCCCCCCCC/C=C\CCCCCCCC(=O)OC(COC(=O)CCCCCCCCCCCCCC)COC(=O)CCCCCCCCCCCCCCCCCCCCC. The minimum absolute atomic E-state index is 0.0674. The molecule has 1 atom stereocenters. The smallest absolute Gasteiger partial charge is 0.306 e. The monoisotopic (exact) mass is 917 g/mol. The van der Waals surface area contributed by atoms with E-state index >= 15 is 0 Å². The number of hydrogen-bond donors (Lipinski definition) is 0. The molecule has 0 aliphatic rings. The minimum atomic E-state index is -0.768. The standard InChI is InChI=1S/C59H112O6/c1-4-7-10-13-16-19-22-25-27-29-30-31-33-34-37-40-43-46-49-52-58(61)64-55-56(54-63-57(60)51-48-45-42-39-36-24-21-18-15-12-9-6-3)65-59(62)53-50-47-44-41-38-35-32-28-26-23-20-17-14-11-8-5-2/h28,32,56H,4-27,29-31,33-55H2,1-3H3/b32-28-. The maximum atomic E-state index is 12.8. The highest BCUT2D eigenvalue weighted by molar-refractivity contribution is 5.71. The summed E-state index contributed by atoms with van der Waals surface area (Å²) in [5.41, 5.74) is 0. The highest BCUT2D eigenvalue weighted by atomic mass is 16.6. The normalized spacial score (nSPS) is 12.0. The van der Waals surface area contributed by atoms with Gasteiger partial charge in [0.1, 0.15) is 13.2 Å². The molecule has 0 heterocycles. The molecular formula is C59H112O6. The number of allylic oxidation sites excluding steroid dienone is 2. The van der Waals surface area contributed by atoms with Crippen LogP contribution in [0.3, 0.4) is 0 Å². The van der Waals surface area contributed by atoms with Crippen molar-refractivity contribution in [2.45, 2.75) is 335 Å². The summed E-state index contributed by atoms with van der Waals surface area (Å²) in [5, 5.41) is 0. The van der Waals surface area contributed by atoms with Gasteiger partial charge in [-0.15, -0.1) is 0 Å². The summed E-state index contributed by atoms with van der Waals surface area (Å²) >= 11 is 0. The predicted molar refractivity (Wildman–Crippen MR) is 280 cm³/mol. The molecule has 0 aliphatic heterocycles. The average molecular weight is 918 g/mol. The predicted octanol–water partition coefficient (Wildman–Crippen LogP) is 19.3. The van der Waals surface area contributed by atoms with Crippen molar-refractivity contribution in [3.05, 3.63) is 12.2 Å². The van der Waals surface area contributed by atoms with Crippen LogP contribution in [0.4, 0.5) is 0 Å². The van der Waals surface area contributed by atoms with Crippen molar-refractivity contribution in [2.24, 2.45) is 0 Å². The second kappa shape index (κ2) is 54.8. The van der Waals surface area contributed by atoms with E-state index in [1.165, 1.54) is 225 Å². The third-order valence-corrected chi connectivity index (χ3v) is 13.3. The van der Waals surface area contributed by atoms with E-state index in [-0.39, 0.29) is 31.1 Å². The summed E-state index contributed by atoms with van der Waals surface area (Å²) in [6, 6.07) is 0. The van der Waals surface area contributed by atoms with E-state index < -0.39 is 6.10 Å². The van der Waals surface area contributed by atoms with Crippen LogP contribution in [-0.4, -0.2) is 37.2 Å². The fourth-order valence-electron chi connectivity index (χ4n) is 8.85. The first-order valence-electron chi connectivity index (χ1n) is 29.2. The Morgan fingerprint density at radius 1 is 0.292 bits per heavy atom. The molecule has 6 heteroatoms. The third-order valence-electron chi connectivity index (χ3n) is 13.3. The third kappa shape index (κ3) is 53.0. The van der Waals surface area contributed by atoms with Crippen LogP contribution in [0.1, 0.15) is 329 Å². The first kappa shape index (κ1) is 63.1. The number of rotatable bonds is 54. The molecule has 0 aromatic rings. The zero-order chi connectivity index (χ0) is 47.2. The van der Waals surface area contributed by atoms with Gasteiger partial charge in [-0.25, -0.2) is 0 Å². The number of esters is 3. The molecule has 65 heavy (non-hydrogen) atoms. The van der Waals surface area contributed by atoms with Gasteiger partial charge in [-0.3, -0.25) is 14.4 Å². The minimum Gasteiger partial charge on any atom is -0.462 e. The fourth-order valence-corrected chi connectivity index (χ4v) is 8.85. The summed E-state index contributed by atoms with van der Waals surface area (Å²) in [5.74, 6) is -0.852. The van der Waals surface area contributed by atoms with Crippen LogP contribution in [0.2, 0.25) is 0 Å². The molecule has 0 aromatic carbocycles. The zero-order valence-corrected chi connectivity index (χ0v) is 44.0. The van der Waals surface area contributed by atoms with Gasteiger partial charge in [0.2, 0.25) is 0 Å². The highest BCUT2D eigenvalue weighted by Gasteiger charge is 2.19. The molecule has 0 aromatic heterocycles. The Bertz CT molecular complexity index is 1010. The first-order valence-corrected chi connectivity index (χ1v) is 29.2. The molecule has 6 nitrogen and oxygen atoms in total. The Labute approximate surface area is 405 Å². The summed E-state index contributed by atoms with van der Waals surface area (Å²) < 4.78 is 16.9. The van der Waals surface area contributed by atoms with E-state index in [2.05, 4.69) is 32.9 Å². The van der Waals surface area contributed by atoms with Crippen LogP contribution in [-0.2, 0) is 28.6 Å². The van der Waals surface area contributed by atoms with E-state index in [4.69, 9.17) is 14.2 Å². The average Bonchev–Trinajstić information content (AvgIpc) is 3.30. The van der Waals surface area contributed by atoms with Crippen molar-refractivity contribution in [1.82, 2.24) is 0 Å². The molecule has 0 aliphatic carbocycles. The Morgan fingerprint density at radius 2 is 0.508 bits per heavy atom. The Morgan fingerprint density at radius 3 is 0.769 bits per heavy atom. The van der Waals surface area contributed by atoms with Crippen LogP contribution in [0.5, 0.6) is 0 Å². The molecule has 0 radical (unpaired) electrons. The van der Waals surface area contributed by atoms with Crippen LogP contribution >= 0.6 is 0 Å². The van der Waals surface area contributed by atoms with E-state index in [1.807, 2.05) is 0 Å². The second-order valence-corrected chi connectivity index (χ2v) is 19.9. The van der Waals surface area contributed by atoms with Crippen molar-refractivity contribution >= 4 is 17.9 Å². The zero-order valence-electron chi connectivity index (χ0n) is 44.0. The number of hydrogen-bond acceptors (Lipinski definition) is 6. The Kier molecular flexibility index (Phi) is 53.2. The number of carbonyl (C=O) groups excluding carboxylic acids is 3. The maximum absolute atomic E-state index is 12.8. The van der Waals surface area contributed by atoms with Gasteiger partial charge in [0.25, 0.3) is 0 Å². The fraction of sp³-hybridized carbons (Fsp3) is 0.915. The molecule has 0 N–H and O–H groups in total. The maximum Gasteiger partial charge on any atom is 0.306 e. The molecule has 384 valence electrons. The van der Waals surface area contributed by atoms with Gasteiger partial charge >= 0.3 is 17.9 Å². The van der Waals surface area contributed by atoms with Crippen LogP contribution < -0.4 is 0 Å².